The van der Waals surface area contributed by atoms with Gasteiger partial charge in [0.2, 0.25) is 11.1 Å². The summed E-state index contributed by atoms with van der Waals surface area (Å²) in [5.74, 6) is 2.16. The minimum Gasteiger partial charge on any atom is -0.490 e. The number of thioether (sulfide) groups is 1. The minimum absolute atomic E-state index is 0.239. The van der Waals surface area contributed by atoms with Gasteiger partial charge in [0.05, 0.1) is 23.3 Å². The zero-order valence-corrected chi connectivity index (χ0v) is 29.7. The van der Waals surface area contributed by atoms with Crippen LogP contribution in [0.1, 0.15) is 69.2 Å². The lowest BCUT2D eigenvalue weighted by atomic mass is 9.94. The number of allylic oxidation sites excluding steroid dienone is 1. The van der Waals surface area contributed by atoms with Crippen molar-refractivity contribution in [3.8, 4) is 11.5 Å². The fourth-order valence-corrected chi connectivity index (χ4v) is 7.01. The van der Waals surface area contributed by atoms with Gasteiger partial charge in [0.15, 0.2) is 11.5 Å². The molecular weight excluding hydrogens is 686 g/mol. The van der Waals surface area contributed by atoms with Gasteiger partial charge in [0, 0.05) is 22.2 Å². The second-order valence-electron chi connectivity index (χ2n) is 11.1. The molecule has 46 heavy (non-hydrogen) atoms. The van der Waals surface area contributed by atoms with E-state index in [-0.39, 0.29) is 5.91 Å². The maximum atomic E-state index is 14.1. The molecule has 0 aliphatic carbocycles. The molecule has 8 nitrogen and oxygen atoms in total. The molecule has 2 heterocycles. The standard InChI is InChI=1S/C35H39BrClN5O3S/c1-5-7-8-11-17-45-32-27(36)19-25(20-29(32)44-6-2)31-30(33(43)39-26-15-12-13-22(3)18-26)23(4)38-34-40-35(41-42(31)34)46-21-24-14-9-10-16-28(24)37/h9-10,12-16,18-20,31H,5-8,11,17,21H2,1-4H3,(H,39,43)(H,38,40,41). The van der Waals surface area contributed by atoms with E-state index in [4.69, 9.17) is 31.2 Å². The summed E-state index contributed by atoms with van der Waals surface area (Å²) in [6.45, 7) is 9.07. The van der Waals surface area contributed by atoms with Crippen molar-refractivity contribution in [3.63, 3.8) is 0 Å². The van der Waals surface area contributed by atoms with E-state index in [1.807, 2.05) is 81.4 Å². The first-order valence-electron chi connectivity index (χ1n) is 15.6. The van der Waals surface area contributed by atoms with Crippen LogP contribution in [0.3, 0.4) is 0 Å². The van der Waals surface area contributed by atoms with Gasteiger partial charge in [0.25, 0.3) is 5.91 Å². The smallest absolute Gasteiger partial charge is 0.255 e. The van der Waals surface area contributed by atoms with Crippen LogP contribution in [0, 0.1) is 6.92 Å². The topological polar surface area (TPSA) is 90.3 Å². The molecule has 0 radical (unpaired) electrons. The van der Waals surface area contributed by atoms with Crippen molar-refractivity contribution in [1.29, 1.82) is 0 Å². The average Bonchev–Trinajstić information content (AvgIpc) is 3.43. The lowest BCUT2D eigenvalue weighted by molar-refractivity contribution is -0.113. The third-order valence-corrected chi connectivity index (χ3v) is 9.40. The van der Waals surface area contributed by atoms with Crippen LogP contribution in [-0.4, -0.2) is 33.9 Å². The van der Waals surface area contributed by atoms with Crippen LogP contribution in [0.5, 0.6) is 11.5 Å². The first kappa shape index (κ1) is 33.9. The predicted molar refractivity (Wildman–Crippen MR) is 190 cm³/mol. The van der Waals surface area contributed by atoms with Crippen molar-refractivity contribution in [3.05, 3.63) is 98.1 Å². The zero-order valence-electron chi connectivity index (χ0n) is 26.5. The van der Waals surface area contributed by atoms with E-state index in [1.54, 1.807) is 4.68 Å². The second kappa shape index (κ2) is 15.9. The molecule has 242 valence electrons. The van der Waals surface area contributed by atoms with Crippen LogP contribution >= 0.6 is 39.3 Å². The number of nitrogens with one attached hydrogen (secondary N) is 2. The van der Waals surface area contributed by atoms with Crippen molar-refractivity contribution >= 4 is 56.8 Å². The van der Waals surface area contributed by atoms with Gasteiger partial charge >= 0.3 is 0 Å². The van der Waals surface area contributed by atoms with Crippen LogP contribution in [0.4, 0.5) is 11.6 Å². The minimum atomic E-state index is -0.600. The highest BCUT2D eigenvalue weighted by Crippen LogP contribution is 2.43. The Balaban J connectivity index is 1.53. The van der Waals surface area contributed by atoms with Crippen molar-refractivity contribution in [2.75, 3.05) is 23.8 Å². The first-order chi connectivity index (χ1) is 22.3. The van der Waals surface area contributed by atoms with E-state index in [2.05, 4.69) is 33.5 Å². The summed E-state index contributed by atoms with van der Waals surface area (Å²) >= 11 is 11.7. The number of ether oxygens (including phenoxy) is 2. The highest BCUT2D eigenvalue weighted by molar-refractivity contribution is 9.10. The molecule has 11 heteroatoms. The monoisotopic (exact) mass is 723 g/mol. The number of aromatic nitrogens is 3. The third kappa shape index (κ3) is 8.08. The van der Waals surface area contributed by atoms with E-state index in [1.165, 1.54) is 18.2 Å². The van der Waals surface area contributed by atoms with E-state index < -0.39 is 6.04 Å². The summed E-state index contributed by atoms with van der Waals surface area (Å²) in [5, 5.41) is 12.6. The molecule has 1 aliphatic rings. The van der Waals surface area contributed by atoms with Gasteiger partial charge in [-0.2, -0.15) is 4.98 Å². The highest BCUT2D eigenvalue weighted by Gasteiger charge is 2.35. The Morgan fingerprint density at radius 2 is 1.89 bits per heavy atom. The van der Waals surface area contributed by atoms with E-state index in [0.29, 0.717) is 63.6 Å². The molecule has 4 aromatic rings. The van der Waals surface area contributed by atoms with Crippen LogP contribution in [-0.2, 0) is 10.5 Å². The van der Waals surface area contributed by atoms with E-state index in [0.717, 1.165) is 40.4 Å². The third-order valence-electron chi connectivity index (χ3n) is 7.56. The molecule has 5 rings (SSSR count). The van der Waals surface area contributed by atoms with Crippen molar-refractivity contribution < 1.29 is 14.3 Å². The van der Waals surface area contributed by atoms with Crippen molar-refractivity contribution in [1.82, 2.24) is 14.8 Å². The second-order valence-corrected chi connectivity index (χ2v) is 13.3. The molecule has 0 bridgehead atoms. The number of benzene rings is 3. The van der Waals surface area contributed by atoms with Gasteiger partial charge in [-0.15, -0.1) is 5.10 Å². The average molecular weight is 725 g/mol. The highest BCUT2D eigenvalue weighted by atomic mass is 79.9. The number of carbonyl (C=O) groups excluding carboxylic acids is 1. The Hall–Kier alpha value is -3.47. The fourth-order valence-electron chi connectivity index (χ4n) is 5.33. The summed E-state index contributed by atoms with van der Waals surface area (Å²) in [5.41, 5.74) is 4.77. The molecule has 1 atom stereocenters. The Labute approximate surface area is 288 Å². The zero-order chi connectivity index (χ0) is 32.6. The molecule has 0 saturated carbocycles. The molecule has 0 spiro atoms. The molecule has 2 N–H and O–H groups in total. The van der Waals surface area contributed by atoms with Gasteiger partial charge in [0.1, 0.15) is 6.04 Å². The van der Waals surface area contributed by atoms with Crippen LogP contribution in [0.15, 0.2) is 81.6 Å². The number of rotatable bonds is 14. The van der Waals surface area contributed by atoms with E-state index in [9.17, 15) is 4.79 Å². The molecule has 1 unspecified atom stereocenters. The number of halogens is 2. The van der Waals surface area contributed by atoms with E-state index >= 15 is 0 Å². The van der Waals surface area contributed by atoms with Gasteiger partial charge in [-0.25, -0.2) is 4.68 Å². The molecule has 1 aliphatic heterocycles. The number of fused-ring (bicyclic) bond motifs is 1. The normalized spacial score (nSPS) is 14.1. The number of amides is 1. The fraction of sp³-hybridized carbons (Fsp3) is 0.343. The quantitative estimate of drug-likeness (QED) is 0.0989. The Kier molecular flexibility index (Phi) is 11.7. The predicted octanol–water partition coefficient (Wildman–Crippen LogP) is 9.58. The Morgan fingerprint density at radius 1 is 1.07 bits per heavy atom. The number of nitrogens with zero attached hydrogens (tertiary/aromatic N) is 3. The van der Waals surface area contributed by atoms with Gasteiger partial charge in [-0.05, 0) is 90.1 Å². The van der Waals surface area contributed by atoms with Crippen molar-refractivity contribution in [2.45, 2.75) is 70.3 Å². The lowest BCUT2D eigenvalue weighted by Gasteiger charge is -2.29. The molecule has 1 amide bonds. The summed E-state index contributed by atoms with van der Waals surface area (Å²) in [4.78, 5) is 18.9. The SMILES string of the molecule is CCCCCCOc1c(Br)cc(C2C(C(=O)Nc3cccc(C)c3)=C(C)Nc3nc(SCc4ccccc4Cl)nn32)cc1OCC. The van der Waals surface area contributed by atoms with Crippen LogP contribution in [0.25, 0.3) is 0 Å². The lowest BCUT2D eigenvalue weighted by Crippen LogP contribution is -2.31. The summed E-state index contributed by atoms with van der Waals surface area (Å²) in [7, 11) is 0. The molecule has 3 aromatic carbocycles. The number of anilines is 2. The number of aryl methyl sites for hydroxylation is 1. The Morgan fingerprint density at radius 3 is 2.65 bits per heavy atom. The maximum Gasteiger partial charge on any atom is 0.255 e. The Bertz CT molecular complexity index is 1730. The summed E-state index contributed by atoms with van der Waals surface area (Å²) < 4.78 is 14.8. The molecule has 1 aromatic heterocycles. The van der Waals surface area contributed by atoms with Gasteiger partial charge < -0.3 is 20.1 Å². The van der Waals surface area contributed by atoms with Crippen LogP contribution < -0.4 is 20.1 Å². The number of hydrogen-bond donors (Lipinski definition) is 2. The molecule has 0 fully saturated rings. The first-order valence-corrected chi connectivity index (χ1v) is 17.7. The van der Waals surface area contributed by atoms with Gasteiger partial charge in [-0.3, -0.25) is 4.79 Å². The maximum absolute atomic E-state index is 14.1. The molecular formula is C35H39BrClN5O3S. The summed E-state index contributed by atoms with van der Waals surface area (Å²) in [6.07, 6.45) is 4.41. The van der Waals surface area contributed by atoms with Crippen molar-refractivity contribution in [2.24, 2.45) is 0 Å². The van der Waals surface area contributed by atoms with Crippen LogP contribution in [0.2, 0.25) is 5.02 Å². The number of hydrogen-bond acceptors (Lipinski definition) is 7. The largest absolute Gasteiger partial charge is 0.490 e. The number of carbonyl (C=O) groups is 1. The summed E-state index contributed by atoms with van der Waals surface area (Å²) in [6, 6.07) is 18.8. The molecule has 0 saturated heterocycles. The van der Waals surface area contributed by atoms with Gasteiger partial charge in [-0.1, -0.05) is 79.9 Å². The number of unbranched alkanes of at least 4 members (excludes halogenated alkanes) is 3.